The van der Waals surface area contributed by atoms with Crippen molar-refractivity contribution in [3.8, 4) is 17.7 Å². The molecule has 5 nitrogen and oxygen atoms in total. The fourth-order valence-electron chi connectivity index (χ4n) is 3.58. The van der Waals surface area contributed by atoms with Gasteiger partial charge in [-0.1, -0.05) is 23.7 Å². The number of hydrogen-bond acceptors (Lipinski definition) is 6. The van der Waals surface area contributed by atoms with Gasteiger partial charge < -0.3 is 15.0 Å². The summed E-state index contributed by atoms with van der Waals surface area (Å²) in [5, 5.41) is 3.69. The zero-order valence-corrected chi connectivity index (χ0v) is 19.5. The molecule has 1 fully saturated rings. The molecule has 1 saturated heterocycles. The molecule has 4 aromatic rings. The molecule has 34 heavy (non-hydrogen) atoms. The van der Waals surface area contributed by atoms with Crippen LogP contribution in [0.25, 0.3) is 10.2 Å². The number of halogens is 3. The number of hydrogen-bond donors (Lipinski definition) is 1. The van der Waals surface area contributed by atoms with Crippen molar-refractivity contribution >= 4 is 44.7 Å². The van der Waals surface area contributed by atoms with E-state index in [1.165, 1.54) is 29.8 Å². The third kappa shape index (κ3) is 5.22. The van der Waals surface area contributed by atoms with Gasteiger partial charge in [0.25, 0.3) is 0 Å². The third-order valence-corrected chi connectivity index (χ3v) is 6.60. The van der Waals surface area contributed by atoms with Crippen molar-refractivity contribution in [2.75, 3.05) is 18.4 Å². The largest absolute Gasteiger partial charge is 0.487 e. The first kappa shape index (κ1) is 22.4. The summed E-state index contributed by atoms with van der Waals surface area (Å²) in [5.74, 6) is 3.93. The Morgan fingerprint density at radius 3 is 2.91 bits per heavy atom. The number of fused-ring (bicyclic) bond motifs is 1. The van der Waals surface area contributed by atoms with E-state index in [4.69, 9.17) is 16.3 Å². The second-order valence-electron chi connectivity index (χ2n) is 7.80. The van der Waals surface area contributed by atoms with E-state index in [1.54, 1.807) is 29.2 Å². The number of aromatic nitrogens is 2. The second kappa shape index (κ2) is 9.84. The molecule has 1 aliphatic heterocycles. The van der Waals surface area contributed by atoms with Gasteiger partial charge in [0.2, 0.25) is 0 Å². The van der Waals surface area contributed by atoms with Crippen LogP contribution < -0.4 is 10.1 Å². The minimum Gasteiger partial charge on any atom is -0.487 e. The van der Waals surface area contributed by atoms with Crippen LogP contribution >= 0.6 is 22.9 Å². The Hall–Kier alpha value is -3.41. The third-order valence-electron chi connectivity index (χ3n) is 5.26. The Bertz CT molecular complexity index is 1400. The van der Waals surface area contributed by atoms with Crippen molar-refractivity contribution in [2.45, 2.75) is 19.2 Å². The van der Waals surface area contributed by atoms with Crippen molar-refractivity contribution < 1.29 is 13.5 Å². The van der Waals surface area contributed by atoms with Crippen molar-refractivity contribution in [3.63, 3.8) is 0 Å². The highest BCUT2D eigenvalue weighted by molar-refractivity contribution is 7.20. The minimum atomic E-state index is -0.802. The van der Waals surface area contributed by atoms with Crippen LogP contribution in [0.2, 0.25) is 5.02 Å². The molecule has 0 spiro atoms. The molecule has 0 radical (unpaired) electrons. The number of likely N-dealkylation sites (tertiary alicyclic amines) is 1. The van der Waals surface area contributed by atoms with Gasteiger partial charge in [0.1, 0.15) is 30.7 Å². The van der Waals surface area contributed by atoms with Gasteiger partial charge in [0.15, 0.2) is 5.82 Å². The van der Waals surface area contributed by atoms with E-state index in [9.17, 15) is 8.78 Å². The van der Waals surface area contributed by atoms with E-state index in [2.05, 4.69) is 27.2 Å². The molecule has 0 bridgehead atoms. The highest BCUT2D eigenvalue weighted by Crippen LogP contribution is 2.33. The van der Waals surface area contributed by atoms with Crippen LogP contribution in [0.1, 0.15) is 16.9 Å². The quantitative estimate of drug-likeness (QED) is 0.335. The van der Waals surface area contributed by atoms with Crippen molar-refractivity contribution in [1.82, 2.24) is 14.9 Å². The smallest absolute Gasteiger partial charge is 0.151 e. The summed E-state index contributed by atoms with van der Waals surface area (Å²) in [5.41, 5.74) is 2.22. The van der Waals surface area contributed by atoms with Gasteiger partial charge in [0.05, 0.1) is 26.7 Å². The molecule has 9 heteroatoms. The van der Waals surface area contributed by atoms with Crippen LogP contribution in [0.4, 0.5) is 20.3 Å². The van der Waals surface area contributed by atoms with Gasteiger partial charge in [-0.15, -0.1) is 11.3 Å². The molecule has 172 valence electrons. The molecule has 2 aromatic carbocycles. The van der Waals surface area contributed by atoms with Crippen LogP contribution in [0.5, 0.6) is 5.75 Å². The monoisotopic (exact) mass is 496 g/mol. The maximum Gasteiger partial charge on any atom is 0.151 e. The van der Waals surface area contributed by atoms with E-state index in [1.807, 2.05) is 12.1 Å². The molecule has 3 heterocycles. The average Bonchev–Trinajstić information content (AvgIpc) is 3.43. The van der Waals surface area contributed by atoms with Crippen LogP contribution in [0, 0.1) is 17.8 Å². The van der Waals surface area contributed by atoms with Gasteiger partial charge in [-0.2, -0.15) is 0 Å². The summed E-state index contributed by atoms with van der Waals surface area (Å²) in [6.45, 7) is 1.21. The molecular weight excluding hydrogens is 478 g/mol. The molecule has 1 N–H and O–H groups in total. The molecule has 0 aliphatic carbocycles. The van der Waals surface area contributed by atoms with Crippen LogP contribution in [-0.4, -0.2) is 34.1 Å². The van der Waals surface area contributed by atoms with E-state index < -0.39 is 6.17 Å². The lowest BCUT2D eigenvalue weighted by Gasteiger charge is -2.11. The number of benzene rings is 2. The highest BCUT2D eigenvalue weighted by Gasteiger charge is 2.19. The molecule has 1 atom stereocenters. The summed E-state index contributed by atoms with van der Waals surface area (Å²) >= 11 is 7.88. The van der Waals surface area contributed by atoms with E-state index >= 15 is 0 Å². The summed E-state index contributed by atoms with van der Waals surface area (Å²) in [7, 11) is 0. The van der Waals surface area contributed by atoms with Gasteiger partial charge in [-0.3, -0.25) is 0 Å². The van der Waals surface area contributed by atoms with Crippen LogP contribution in [-0.2, 0) is 6.61 Å². The Morgan fingerprint density at radius 1 is 1.21 bits per heavy atom. The van der Waals surface area contributed by atoms with Gasteiger partial charge in [-0.25, -0.2) is 18.7 Å². The molecule has 2 aromatic heterocycles. The molecular formula is C25H19ClF2N4OS. The Kier molecular flexibility index (Phi) is 6.48. The SMILES string of the molecule is Fc1cccc(COc2ccc(Nc3ncnc4cc(C#CN5CC[C@@H](F)C5)sc34)cc2Cl)c1. The number of alkyl halides is 1. The summed E-state index contributed by atoms with van der Waals surface area (Å²) in [6.07, 6.45) is 1.21. The topological polar surface area (TPSA) is 50.3 Å². The maximum atomic E-state index is 13.4. The molecule has 5 rings (SSSR count). The van der Waals surface area contributed by atoms with Crippen molar-refractivity contribution in [3.05, 3.63) is 76.1 Å². The normalized spacial score (nSPS) is 15.3. The standard InChI is InChI=1S/C25H19ClF2N4OS/c26-21-11-19(4-5-23(21)33-14-16-2-1-3-17(27)10-16)31-25-24-22(29-15-30-25)12-20(34-24)7-9-32-8-6-18(28)13-32/h1-5,10-12,15,18H,6,8,13-14H2,(H,29,30,31)/t18-/m1/s1. The number of rotatable bonds is 5. The lowest BCUT2D eigenvalue weighted by atomic mass is 10.2. The fraction of sp³-hybridized carbons (Fsp3) is 0.200. The van der Waals surface area contributed by atoms with Gasteiger partial charge in [-0.05, 0) is 54.3 Å². The number of nitrogens with one attached hydrogen (secondary N) is 1. The first-order chi connectivity index (χ1) is 16.5. The first-order valence-electron chi connectivity index (χ1n) is 10.6. The number of anilines is 2. The highest BCUT2D eigenvalue weighted by atomic mass is 35.5. The van der Waals surface area contributed by atoms with Gasteiger partial charge >= 0.3 is 0 Å². The minimum absolute atomic E-state index is 0.208. The lowest BCUT2D eigenvalue weighted by Crippen LogP contribution is -2.14. The van der Waals surface area contributed by atoms with E-state index in [0.717, 1.165) is 20.8 Å². The Morgan fingerprint density at radius 2 is 2.12 bits per heavy atom. The molecule has 1 aliphatic rings. The van der Waals surface area contributed by atoms with Crippen LogP contribution in [0.3, 0.4) is 0 Å². The molecule has 0 unspecified atom stereocenters. The van der Waals surface area contributed by atoms with Crippen LogP contribution in [0.15, 0.2) is 54.9 Å². The predicted octanol–water partition coefficient (Wildman–Crippen LogP) is 6.16. The van der Waals surface area contributed by atoms with Gasteiger partial charge in [0, 0.05) is 18.3 Å². The van der Waals surface area contributed by atoms with Crippen molar-refractivity contribution in [2.24, 2.45) is 0 Å². The first-order valence-corrected chi connectivity index (χ1v) is 11.8. The lowest BCUT2D eigenvalue weighted by molar-refractivity contribution is 0.306. The zero-order valence-electron chi connectivity index (χ0n) is 17.9. The van der Waals surface area contributed by atoms with E-state index in [0.29, 0.717) is 41.7 Å². The molecule has 0 amide bonds. The Balaban J connectivity index is 1.30. The number of thiophene rings is 1. The number of ether oxygens (including phenoxy) is 1. The average molecular weight is 497 g/mol. The Labute approximate surface area is 204 Å². The molecule has 0 saturated carbocycles. The summed E-state index contributed by atoms with van der Waals surface area (Å²) < 4.78 is 33.3. The fourth-order valence-corrected chi connectivity index (χ4v) is 4.72. The summed E-state index contributed by atoms with van der Waals surface area (Å²) in [4.78, 5) is 11.3. The second-order valence-corrected chi connectivity index (χ2v) is 9.26. The predicted molar refractivity (Wildman–Crippen MR) is 131 cm³/mol. The zero-order chi connectivity index (χ0) is 23.5. The number of nitrogens with zero attached hydrogens (tertiary/aromatic N) is 3. The summed E-state index contributed by atoms with van der Waals surface area (Å²) in [6, 6.07) is 16.5. The van der Waals surface area contributed by atoms with E-state index in [-0.39, 0.29) is 12.4 Å². The maximum absolute atomic E-state index is 13.4. The van der Waals surface area contributed by atoms with Crippen molar-refractivity contribution in [1.29, 1.82) is 0 Å².